The van der Waals surface area contributed by atoms with Crippen LogP contribution in [0.15, 0.2) is 0 Å². The van der Waals surface area contributed by atoms with Gasteiger partial charge in [-0.05, 0) is 46.7 Å². The summed E-state index contributed by atoms with van der Waals surface area (Å²) in [5.41, 5.74) is 0. The van der Waals surface area contributed by atoms with E-state index in [1.807, 2.05) is 0 Å². The van der Waals surface area contributed by atoms with E-state index in [1.165, 1.54) is 12.8 Å². The van der Waals surface area contributed by atoms with E-state index in [0.717, 1.165) is 18.5 Å². The number of nitrogens with one attached hydrogen (secondary N) is 1. The highest BCUT2D eigenvalue weighted by molar-refractivity contribution is 4.83. The number of rotatable bonds is 5. The first-order chi connectivity index (χ1) is 5.61. The maximum atomic E-state index is 3.58. The van der Waals surface area contributed by atoms with Gasteiger partial charge in [0.2, 0.25) is 0 Å². The number of hydrogen-bond donors (Lipinski definition) is 1. The van der Waals surface area contributed by atoms with Crippen LogP contribution in [0.25, 0.3) is 0 Å². The molecule has 1 rings (SSSR count). The van der Waals surface area contributed by atoms with Gasteiger partial charge in [0.1, 0.15) is 0 Å². The summed E-state index contributed by atoms with van der Waals surface area (Å²) in [5, 5.41) is 3.58. The molecule has 1 fully saturated rings. The first-order valence-electron chi connectivity index (χ1n) is 5.01. The minimum absolute atomic E-state index is 0.645. The second kappa shape index (κ2) is 4.24. The maximum Gasteiger partial charge on any atom is 0.0186 e. The van der Waals surface area contributed by atoms with Gasteiger partial charge in [-0.2, -0.15) is 0 Å². The molecule has 0 aliphatic heterocycles. The van der Waals surface area contributed by atoms with Gasteiger partial charge in [0.05, 0.1) is 0 Å². The number of nitrogens with zero attached hydrogens (tertiary/aromatic N) is 1. The molecule has 0 bridgehead atoms. The Morgan fingerprint density at radius 3 is 2.33 bits per heavy atom. The van der Waals surface area contributed by atoms with Crippen LogP contribution in [0.4, 0.5) is 0 Å². The Bertz CT molecular complexity index is 122. The largest absolute Gasteiger partial charge is 0.312 e. The van der Waals surface area contributed by atoms with Crippen LogP contribution >= 0.6 is 0 Å². The topological polar surface area (TPSA) is 15.3 Å². The summed E-state index contributed by atoms with van der Waals surface area (Å²) in [6.07, 6.45) is 2.87. The summed E-state index contributed by atoms with van der Waals surface area (Å²) in [4.78, 5) is 2.26. The van der Waals surface area contributed by atoms with Gasteiger partial charge in [-0.1, -0.05) is 0 Å². The summed E-state index contributed by atoms with van der Waals surface area (Å²) < 4.78 is 0. The van der Waals surface area contributed by atoms with Gasteiger partial charge in [0.25, 0.3) is 0 Å². The summed E-state index contributed by atoms with van der Waals surface area (Å²) in [5.74, 6) is 0.972. The molecule has 0 spiro atoms. The minimum atomic E-state index is 0.645. The Balaban J connectivity index is 2.07. The maximum absolute atomic E-state index is 3.58. The van der Waals surface area contributed by atoms with Crippen LogP contribution in [0.1, 0.15) is 26.7 Å². The lowest BCUT2D eigenvalue weighted by atomic mass is 10.2. The molecular formula is C10H22N2. The third-order valence-electron chi connectivity index (χ3n) is 2.95. The summed E-state index contributed by atoms with van der Waals surface area (Å²) in [7, 11) is 4.27. The quantitative estimate of drug-likeness (QED) is 0.669. The normalized spacial score (nSPS) is 22.8. The SMILES string of the molecule is CC(NCC(C)N(C)C)C1CC1. The van der Waals surface area contributed by atoms with Crippen LogP contribution in [-0.2, 0) is 0 Å². The van der Waals surface area contributed by atoms with Crippen molar-refractivity contribution in [1.82, 2.24) is 10.2 Å². The van der Waals surface area contributed by atoms with Crippen molar-refractivity contribution in [2.45, 2.75) is 38.8 Å². The van der Waals surface area contributed by atoms with Gasteiger partial charge < -0.3 is 10.2 Å². The molecule has 0 amide bonds. The van der Waals surface area contributed by atoms with E-state index in [0.29, 0.717) is 6.04 Å². The van der Waals surface area contributed by atoms with Crippen LogP contribution in [0.2, 0.25) is 0 Å². The summed E-state index contributed by atoms with van der Waals surface area (Å²) >= 11 is 0. The van der Waals surface area contributed by atoms with Crippen LogP contribution in [0.3, 0.4) is 0 Å². The van der Waals surface area contributed by atoms with Gasteiger partial charge in [-0.15, -0.1) is 0 Å². The van der Waals surface area contributed by atoms with Crippen LogP contribution in [0, 0.1) is 5.92 Å². The fourth-order valence-electron chi connectivity index (χ4n) is 1.30. The van der Waals surface area contributed by atoms with Crippen molar-refractivity contribution in [3.05, 3.63) is 0 Å². The van der Waals surface area contributed by atoms with E-state index < -0.39 is 0 Å². The van der Waals surface area contributed by atoms with Crippen LogP contribution in [0.5, 0.6) is 0 Å². The van der Waals surface area contributed by atoms with Crippen molar-refractivity contribution in [2.75, 3.05) is 20.6 Å². The molecule has 0 aromatic carbocycles. The molecule has 0 aromatic rings. The molecule has 0 aromatic heterocycles. The van der Waals surface area contributed by atoms with Gasteiger partial charge in [0, 0.05) is 18.6 Å². The average molecular weight is 170 g/mol. The lowest BCUT2D eigenvalue weighted by Gasteiger charge is -2.22. The Labute approximate surface area is 76.3 Å². The second-order valence-corrected chi connectivity index (χ2v) is 4.35. The first-order valence-corrected chi connectivity index (χ1v) is 5.01. The minimum Gasteiger partial charge on any atom is -0.312 e. The van der Waals surface area contributed by atoms with Gasteiger partial charge >= 0.3 is 0 Å². The molecule has 12 heavy (non-hydrogen) atoms. The Kier molecular flexibility index (Phi) is 3.53. The molecule has 0 saturated heterocycles. The Morgan fingerprint density at radius 1 is 1.33 bits per heavy atom. The molecule has 2 nitrogen and oxygen atoms in total. The van der Waals surface area contributed by atoms with Crippen molar-refractivity contribution in [3.8, 4) is 0 Å². The fourth-order valence-corrected chi connectivity index (χ4v) is 1.30. The molecule has 2 unspecified atom stereocenters. The molecule has 1 saturated carbocycles. The number of hydrogen-bond acceptors (Lipinski definition) is 2. The highest BCUT2D eigenvalue weighted by atomic mass is 15.1. The number of likely N-dealkylation sites (N-methyl/N-ethyl adjacent to an activating group) is 1. The third kappa shape index (κ3) is 3.11. The summed E-state index contributed by atoms with van der Waals surface area (Å²) in [6.45, 7) is 5.68. The van der Waals surface area contributed by atoms with Crippen molar-refractivity contribution in [3.63, 3.8) is 0 Å². The van der Waals surface area contributed by atoms with Crippen molar-refractivity contribution in [2.24, 2.45) is 5.92 Å². The van der Waals surface area contributed by atoms with Gasteiger partial charge in [0.15, 0.2) is 0 Å². The first kappa shape index (κ1) is 10.0. The zero-order chi connectivity index (χ0) is 9.14. The molecular weight excluding hydrogens is 148 g/mol. The monoisotopic (exact) mass is 170 g/mol. The lowest BCUT2D eigenvalue weighted by Crippen LogP contribution is -2.39. The van der Waals surface area contributed by atoms with E-state index in [-0.39, 0.29) is 0 Å². The standard InChI is InChI=1S/C10H22N2/c1-8(12(3)4)7-11-9(2)10-5-6-10/h8-11H,5-7H2,1-4H3. The predicted octanol–water partition coefficient (Wildman–Crippen LogP) is 1.32. The predicted molar refractivity (Wildman–Crippen MR) is 53.3 cm³/mol. The smallest absolute Gasteiger partial charge is 0.0186 e. The summed E-state index contributed by atoms with van der Waals surface area (Å²) in [6, 6.07) is 1.37. The van der Waals surface area contributed by atoms with E-state index in [9.17, 15) is 0 Å². The second-order valence-electron chi connectivity index (χ2n) is 4.35. The van der Waals surface area contributed by atoms with Crippen molar-refractivity contribution >= 4 is 0 Å². The van der Waals surface area contributed by atoms with Crippen LogP contribution in [-0.4, -0.2) is 37.6 Å². The lowest BCUT2D eigenvalue weighted by molar-refractivity contribution is 0.291. The molecule has 1 aliphatic rings. The molecule has 2 heteroatoms. The fraction of sp³-hybridized carbons (Fsp3) is 1.00. The zero-order valence-electron chi connectivity index (χ0n) is 8.80. The van der Waals surface area contributed by atoms with E-state index in [2.05, 4.69) is 38.2 Å². The van der Waals surface area contributed by atoms with E-state index in [4.69, 9.17) is 0 Å². The average Bonchev–Trinajstić information content (AvgIpc) is 2.81. The highest BCUT2D eigenvalue weighted by Gasteiger charge is 2.27. The van der Waals surface area contributed by atoms with Crippen molar-refractivity contribution in [1.29, 1.82) is 0 Å². The molecule has 1 N–H and O–H groups in total. The molecule has 72 valence electrons. The Hall–Kier alpha value is -0.0800. The van der Waals surface area contributed by atoms with E-state index >= 15 is 0 Å². The third-order valence-corrected chi connectivity index (χ3v) is 2.95. The zero-order valence-corrected chi connectivity index (χ0v) is 8.80. The van der Waals surface area contributed by atoms with E-state index in [1.54, 1.807) is 0 Å². The highest BCUT2D eigenvalue weighted by Crippen LogP contribution is 2.32. The van der Waals surface area contributed by atoms with Crippen LogP contribution < -0.4 is 5.32 Å². The molecule has 2 atom stereocenters. The molecule has 0 heterocycles. The van der Waals surface area contributed by atoms with Gasteiger partial charge in [-0.3, -0.25) is 0 Å². The molecule has 0 radical (unpaired) electrons. The van der Waals surface area contributed by atoms with Gasteiger partial charge in [-0.25, -0.2) is 0 Å². The molecule has 1 aliphatic carbocycles. The Morgan fingerprint density at radius 2 is 1.92 bits per heavy atom. The van der Waals surface area contributed by atoms with Crippen molar-refractivity contribution < 1.29 is 0 Å².